The number of carbonyl (C=O) groups is 2. The highest BCUT2D eigenvalue weighted by Gasteiger charge is 2.25. The van der Waals surface area contributed by atoms with Crippen molar-refractivity contribution in [2.45, 2.75) is 58.3 Å². The first-order valence-corrected chi connectivity index (χ1v) is 7.90. The number of hydrogen-bond donors (Lipinski definition) is 1. The van der Waals surface area contributed by atoms with E-state index in [1.165, 1.54) is 0 Å². The van der Waals surface area contributed by atoms with Crippen LogP contribution in [0.25, 0.3) is 0 Å². The van der Waals surface area contributed by atoms with E-state index in [4.69, 9.17) is 4.55 Å². The van der Waals surface area contributed by atoms with Gasteiger partial charge in [-0.3, -0.25) is 14.2 Å². The molecule has 0 aliphatic rings. The van der Waals surface area contributed by atoms with Gasteiger partial charge in [0, 0.05) is 0 Å². The van der Waals surface area contributed by atoms with Gasteiger partial charge in [0.1, 0.15) is 0 Å². The highest BCUT2D eigenvalue weighted by molar-refractivity contribution is 7.74. The van der Waals surface area contributed by atoms with Gasteiger partial charge < -0.3 is 4.18 Å². The van der Waals surface area contributed by atoms with E-state index < -0.39 is 35.6 Å². The molecule has 0 spiro atoms. The molecule has 0 bridgehead atoms. The minimum Gasteiger partial charge on any atom is -0.343 e. The van der Waals surface area contributed by atoms with Crippen molar-refractivity contribution in [3.8, 4) is 0 Å². The van der Waals surface area contributed by atoms with Gasteiger partial charge in [0.25, 0.3) is 0 Å². The normalized spacial score (nSPS) is 13.2. The number of carbonyl (C=O) groups excluding carboxylic acids is 2. The van der Waals surface area contributed by atoms with E-state index in [2.05, 4.69) is 15.9 Å². The highest BCUT2D eigenvalue weighted by atomic mass is 32.2. The zero-order valence-corrected chi connectivity index (χ0v) is 12.8. The van der Waals surface area contributed by atoms with E-state index in [0.717, 1.165) is 32.1 Å². The third kappa shape index (κ3) is 11.0. The van der Waals surface area contributed by atoms with Gasteiger partial charge >= 0.3 is 23.3 Å². The molecule has 2 atom stereocenters. The summed E-state index contributed by atoms with van der Waals surface area (Å²) in [6, 6.07) is 0. The largest absolute Gasteiger partial charge is 0.360 e. The summed E-state index contributed by atoms with van der Waals surface area (Å²) in [6.45, 7) is 2.11. The van der Waals surface area contributed by atoms with Crippen LogP contribution >= 0.6 is 0 Å². The van der Waals surface area contributed by atoms with Crippen molar-refractivity contribution in [1.82, 2.24) is 0 Å². The lowest BCUT2D eigenvalue weighted by molar-refractivity contribution is -0.152. The molecule has 0 saturated carbocycles. The van der Waals surface area contributed by atoms with Crippen molar-refractivity contribution < 1.29 is 27.4 Å². The van der Waals surface area contributed by atoms with Crippen LogP contribution in [-0.2, 0) is 30.0 Å². The van der Waals surface area contributed by atoms with Crippen LogP contribution in [0.1, 0.15) is 58.3 Å². The van der Waals surface area contributed by atoms with Crippen molar-refractivity contribution >= 4 is 23.3 Å². The van der Waals surface area contributed by atoms with Crippen LogP contribution in [-0.4, -0.2) is 20.7 Å². The van der Waals surface area contributed by atoms with Crippen molar-refractivity contribution in [2.24, 2.45) is 11.3 Å². The predicted molar refractivity (Wildman–Crippen MR) is 74.9 cm³/mol. The standard InChI is InChI=1S/C12H21NO7S/c1-2-3-4-5-6-7-8-10(12(15)19-13-16)9-11(14)20-21(17)18/h10H,2-9H2,1H3,(H,17,18). The van der Waals surface area contributed by atoms with Gasteiger partial charge in [-0.05, 0) is 6.42 Å². The van der Waals surface area contributed by atoms with Crippen LogP contribution in [0.15, 0.2) is 5.34 Å². The van der Waals surface area contributed by atoms with Crippen LogP contribution in [0.2, 0.25) is 0 Å². The number of nitrogens with zero attached hydrogens (tertiary/aromatic N) is 1. The van der Waals surface area contributed by atoms with Gasteiger partial charge in [-0.15, -0.1) is 4.91 Å². The van der Waals surface area contributed by atoms with Crippen LogP contribution in [0.5, 0.6) is 0 Å². The average molecular weight is 323 g/mol. The highest BCUT2D eigenvalue weighted by Crippen LogP contribution is 2.18. The molecule has 1 N–H and O–H groups in total. The van der Waals surface area contributed by atoms with Crippen LogP contribution in [0.4, 0.5) is 0 Å². The maximum Gasteiger partial charge on any atom is 0.360 e. The number of unbranched alkanes of at least 4 members (excludes halogenated alkanes) is 5. The lowest BCUT2D eigenvalue weighted by Crippen LogP contribution is -2.21. The zero-order valence-electron chi connectivity index (χ0n) is 12.0. The Balaban J connectivity index is 4.20. The molecule has 0 aromatic heterocycles. The SMILES string of the molecule is CCCCCCCCC(CC(=O)OS(=O)O)C(=O)ON=O. The molecule has 0 aromatic rings. The molecule has 0 aliphatic carbocycles. The average Bonchev–Trinajstić information content (AvgIpc) is 2.40. The molecule has 0 radical (unpaired) electrons. The maximum atomic E-state index is 11.5. The molecule has 2 unspecified atom stereocenters. The smallest absolute Gasteiger partial charge is 0.343 e. The molecule has 0 aromatic carbocycles. The second-order valence-corrected chi connectivity index (χ2v) is 5.22. The van der Waals surface area contributed by atoms with Gasteiger partial charge in [0.15, 0.2) is 5.34 Å². The third-order valence-corrected chi connectivity index (χ3v) is 3.27. The summed E-state index contributed by atoms with van der Waals surface area (Å²) in [7, 11) is 0. The summed E-state index contributed by atoms with van der Waals surface area (Å²) in [5.74, 6) is -2.83. The van der Waals surface area contributed by atoms with Crippen LogP contribution in [0.3, 0.4) is 0 Å². The van der Waals surface area contributed by atoms with E-state index in [9.17, 15) is 18.7 Å². The topological polar surface area (TPSA) is 119 Å². The molecule has 122 valence electrons. The second-order valence-electron chi connectivity index (χ2n) is 4.61. The summed E-state index contributed by atoms with van der Waals surface area (Å²) in [4.78, 5) is 36.6. The van der Waals surface area contributed by atoms with Crippen molar-refractivity contribution in [1.29, 1.82) is 0 Å². The zero-order chi connectivity index (χ0) is 16.1. The Bertz CT molecular complexity index is 362. The number of rotatable bonds is 12. The summed E-state index contributed by atoms with van der Waals surface area (Å²) in [5.41, 5.74) is 0. The molecule has 0 saturated heterocycles. The predicted octanol–water partition coefficient (Wildman–Crippen LogP) is 2.65. The summed E-state index contributed by atoms with van der Waals surface area (Å²) >= 11 is -2.73. The monoisotopic (exact) mass is 323 g/mol. The Morgan fingerprint density at radius 1 is 1.19 bits per heavy atom. The molecule has 0 heterocycles. The van der Waals surface area contributed by atoms with E-state index in [-0.39, 0.29) is 0 Å². The minimum atomic E-state index is -2.73. The molecular formula is C12H21NO7S. The van der Waals surface area contributed by atoms with Crippen molar-refractivity contribution in [2.75, 3.05) is 0 Å². The molecule has 9 heteroatoms. The molecule has 0 fully saturated rings. The molecule has 0 amide bonds. The molecule has 0 aliphatic heterocycles. The Labute approximate surface area is 126 Å². The Morgan fingerprint density at radius 2 is 1.81 bits per heavy atom. The van der Waals surface area contributed by atoms with Crippen LogP contribution < -0.4 is 0 Å². The van der Waals surface area contributed by atoms with Gasteiger partial charge in [0.05, 0.1) is 12.3 Å². The Morgan fingerprint density at radius 3 is 2.38 bits per heavy atom. The lowest BCUT2D eigenvalue weighted by atomic mass is 9.97. The van der Waals surface area contributed by atoms with Crippen molar-refractivity contribution in [3.05, 3.63) is 4.91 Å². The van der Waals surface area contributed by atoms with E-state index in [1.54, 1.807) is 0 Å². The first kappa shape index (κ1) is 19.7. The summed E-state index contributed by atoms with van der Waals surface area (Å²) < 4.78 is 22.8. The van der Waals surface area contributed by atoms with Gasteiger partial charge in [-0.25, -0.2) is 4.79 Å². The molecule has 0 rings (SSSR count). The first-order valence-electron chi connectivity index (χ1n) is 6.86. The van der Waals surface area contributed by atoms with Gasteiger partial charge in [0.2, 0.25) is 0 Å². The van der Waals surface area contributed by atoms with Crippen molar-refractivity contribution in [3.63, 3.8) is 0 Å². The molecule has 8 nitrogen and oxygen atoms in total. The van der Waals surface area contributed by atoms with E-state index in [0.29, 0.717) is 12.8 Å². The molecule has 21 heavy (non-hydrogen) atoms. The summed E-state index contributed by atoms with van der Waals surface area (Å²) in [5, 5.41) is 2.03. The van der Waals surface area contributed by atoms with Crippen LogP contribution in [0, 0.1) is 10.8 Å². The summed E-state index contributed by atoms with van der Waals surface area (Å²) in [6.07, 6.45) is 5.87. The fourth-order valence-electron chi connectivity index (χ4n) is 1.90. The fourth-order valence-corrected chi connectivity index (χ4v) is 2.13. The first-order chi connectivity index (χ1) is 10.0. The maximum absolute atomic E-state index is 11.5. The Hall–Kier alpha value is -1.35. The van der Waals surface area contributed by atoms with Gasteiger partial charge in [-0.2, -0.15) is 4.21 Å². The fraction of sp³-hybridized carbons (Fsp3) is 0.833. The quantitative estimate of drug-likeness (QED) is 0.254. The minimum absolute atomic E-state index is 0.327. The van der Waals surface area contributed by atoms with Gasteiger partial charge in [-0.1, -0.05) is 45.4 Å². The van der Waals surface area contributed by atoms with E-state index >= 15 is 0 Å². The lowest BCUT2D eigenvalue weighted by Gasteiger charge is -2.11. The third-order valence-electron chi connectivity index (χ3n) is 2.94. The Kier molecular flexibility index (Phi) is 11.6. The van der Waals surface area contributed by atoms with E-state index in [1.807, 2.05) is 5.34 Å². The molecular weight excluding hydrogens is 302 g/mol. The number of hydrogen-bond acceptors (Lipinski definition) is 7. The second kappa shape index (κ2) is 12.4.